The van der Waals surface area contributed by atoms with E-state index in [4.69, 9.17) is 0 Å². The van der Waals surface area contributed by atoms with Gasteiger partial charge in [-0.2, -0.15) is 0 Å². The van der Waals surface area contributed by atoms with Gasteiger partial charge in [-0.05, 0) is 135 Å². The number of benzene rings is 7. The van der Waals surface area contributed by atoms with Crippen molar-refractivity contribution >= 4 is 21.8 Å². The second-order valence-electron chi connectivity index (χ2n) is 16.1. The third-order valence-corrected chi connectivity index (χ3v) is 13.8. The fourth-order valence-corrected chi connectivity index (χ4v) is 12.1. The zero-order valence-electron chi connectivity index (χ0n) is 29.2. The van der Waals surface area contributed by atoms with Crippen molar-refractivity contribution in [3.63, 3.8) is 0 Å². The molecular formula is C51H39N. The summed E-state index contributed by atoms with van der Waals surface area (Å²) in [6.45, 7) is 0. The molecule has 1 aromatic heterocycles. The molecule has 52 heavy (non-hydrogen) atoms. The molecule has 248 valence electrons. The van der Waals surface area contributed by atoms with E-state index >= 15 is 0 Å². The van der Waals surface area contributed by atoms with Crippen molar-refractivity contribution in [1.29, 1.82) is 0 Å². The van der Waals surface area contributed by atoms with Crippen LogP contribution in [-0.2, 0) is 5.41 Å². The van der Waals surface area contributed by atoms with Crippen LogP contribution >= 0.6 is 0 Å². The van der Waals surface area contributed by atoms with Crippen molar-refractivity contribution in [1.82, 2.24) is 4.57 Å². The van der Waals surface area contributed by atoms with E-state index in [1.54, 1.807) is 11.1 Å². The summed E-state index contributed by atoms with van der Waals surface area (Å²) in [5.74, 6) is 3.39. The lowest BCUT2D eigenvalue weighted by molar-refractivity contribution is 0.191. The molecule has 0 saturated heterocycles. The van der Waals surface area contributed by atoms with Crippen LogP contribution in [0.3, 0.4) is 0 Å². The van der Waals surface area contributed by atoms with E-state index in [0.29, 0.717) is 0 Å². The maximum absolute atomic E-state index is 2.65. The molecule has 5 aliphatic carbocycles. The molecule has 0 amide bonds. The summed E-state index contributed by atoms with van der Waals surface area (Å²) in [6, 6.07) is 61.7. The highest BCUT2D eigenvalue weighted by Gasteiger charge is 2.65. The zero-order chi connectivity index (χ0) is 34.0. The van der Waals surface area contributed by atoms with Gasteiger partial charge in [-0.1, -0.05) is 133 Å². The van der Waals surface area contributed by atoms with Crippen LogP contribution in [-0.4, -0.2) is 4.57 Å². The number of nitrogens with zero attached hydrogens (tertiary/aromatic N) is 1. The second kappa shape index (κ2) is 10.7. The number of rotatable bonds is 4. The zero-order valence-corrected chi connectivity index (χ0v) is 29.2. The van der Waals surface area contributed by atoms with Gasteiger partial charge in [0.05, 0.1) is 11.0 Å². The van der Waals surface area contributed by atoms with E-state index in [0.717, 1.165) is 23.7 Å². The maximum Gasteiger partial charge on any atom is 0.0547 e. The van der Waals surface area contributed by atoms with Crippen LogP contribution in [0.4, 0.5) is 0 Å². The minimum absolute atomic E-state index is 0.176. The molecule has 13 rings (SSSR count). The summed E-state index contributed by atoms with van der Waals surface area (Å²) >= 11 is 0. The van der Waals surface area contributed by atoms with Gasteiger partial charge in [0, 0.05) is 21.9 Å². The number of fused-ring (bicyclic) bond motifs is 6. The van der Waals surface area contributed by atoms with Gasteiger partial charge in [0.1, 0.15) is 0 Å². The van der Waals surface area contributed by atoms with Crippen molar-refractivity contribution in [3.8, 4) is 50.2 Å². The Balaban J connectivity index is 1.08. The normalized spacial score (nSPS) is 23.5. The van der Waals surface area contributed by atoms with Gasteiger partial charge in [0.2, 0.25) is 0 Å². The predicted molar refractivity (Wildman–Crippen MR) is 216 cm³/mol. The first-order chi connectivity index (χ1) is 25.8. The molecule has 1 heteroatoms. The molecule has 8 aromatic rings. The van der Waals surface area contributed by atoms with Crippen LogP contribution in [0, 0.1) is 23.7 Å². The van der Waals surface area contributed by atoms with Crippen LogP contribution in [0.5, 0.6) is 0 Å². The van der Waals surface area contributed by atoms with Gasteiger partial charge in [-0.3, -0.25) is 0 Å². The maximum atomic E-state index is 2.65. The molecular weight excluding hydrogens is 627 g/mol. The molecule has 1 heterocycles. The summed E-state index contributed by atoms with van der Waals surface area (Å²) in [7, 11) is 0. The Morgan fingerprint density at radius 1 is 0.442 bits per heavy atom. The lowest BCUT2D eigenvalue weighted by Gasteiger charge is -2.44. The van der Waals surface area contributed by atoms with Crippen molar-refractivity contribution in [2.24, 2.45) is 23.7 Å². The molecule has 7 aromatic carbocycles. The monoisotopic (exact) mass is 665 g/mol. The fraction of sp³-hybridized carbons (Fsp3) is 0.176. The van der Waals surface area contributed by atoms with Crippen molar-refractivity contribution in [3.05, 3.63) is 175 Å². The fourth-order valence-electron chi connectivity index (χ4n) is 12.1. The third-order valence-electron chi connectivity index (χ3n) is 13.8. The van der Waals surface area contributed by atoms with Gasteiger partial charge in [0.25, 0.3) is 0 Å². The number of hydrogen-bond acceptors (Lipinski definition) is 0. The predicted octanol–water partition coefficient (Wildman–Crippen LogP) is 13.1. The Morgan fingerprint density at radius 2 is 1.13 bits per heavy atom. The topological polar surface area (TPSA) is 4.93 Å². The average Bonchev–Trinajstić information content (AvgIpc) is 3.87. The van der Waals surface area contributed by atoms with Gasteiger partial charge < -0.3 is 4.57 Å². The summed E-state index contributed by atoms with van der Waals surface area (Å²) in [5.41, 5.74) is 17.7. The van der Waals surface area contributed by atoms with Crippen LogP contribution in [0.1, 0.15) is 36.8 Å². The smallest absolute Gasteiger partial charge is 0.0547 e. The number of aromatic nitrogens is 1. The van der Waals surface area contributed by atoms with Gasteiger partial charge in [-0.25, -0.2) is 0 Å². The molecule has 0 radical (unpaired) electrons. The SMILES string of the molecule is c1ccc(-c2ccc(-n3c4ccccc4c4c(-c5ccc6c(c5)C5(c7ccccc7-6)C6CC7CC(C6)C5C7)cccc43)cc2-c2ccccc2)cc1. The first-order valence-corrected chi connectivity index (χ1v) is 19.3. The quantitative estimate of drug-likeness (QED) is 0.176. The Morgan fingerprint density at radius 3 is 1.98 bits per heavy atom. The van der Waals surface area contributed by atoms with E-state index in [-0.39, 0.29) is 5.41 Å². The summed E-state index contributed by atoms with van der Waals surface area (Å²) in [4.78, 5) is 0. The highest BCUT2D eigenvalue weighted by Crippen LogP contribution is 2.73. The van der Waals surface area contributed by atoms with Gasteiger partial charge in [-0.15, -0.1) is 0 Å². The highest BCUT2D eigenvalue weighted by atomic mass is 15.0. The summed E-state index contributed by atoms with van der Waals surface area (Å²) in [5, 5.41) is 2.64. The van der Waals surface area contributed by atoms with Crippen LogP contribution in [0.25, 0.3) is 72.0 Å². The molecule has 4 fully saturated rings. The minimum Gasteiger partial charge on any atom is -0.309 e. The molecule has 1 nitrogen and oxygen atoms in total. The molecule has 4 bridgehead atoms. The van der Waals surface area contributed by atoms with Crippen LogP contribution in [0.2, 0.25) is 0 Å². The Kier molecular flexibility index (Phi) is 5.95. The molecule has 4 saturated carbocycles. The van der Waals surface area contributed by atoms with Gasteiger partial charge >= 0.3 is 0 Å². The Hall–Kier alpha value is -5.66. The van der Waals surface area contributed by atoms with E-state index in [1.807, 2.05) is 0 Å². The van der Waals surface area contributed by atoms with Crippen molar-refractivity contribution < 1.29 is 0 Å². The first-order valence-electron chi connectivity index (χ1n) is 19.3. The van der Waals surface area contributed by atoms with E-state index in [9.17, 15) is 0 Å². The van der Waals surface area contributed by atoms with Crippen molar-refractivity contribution in [2.75, 3.05) is 0 Å². The summed E-state index contributed by atoms with van der Waals surface area (Å²) < 4.78 is 2.49. The van der Waals surface area contributed by atoms with Crippen LogP contribution in [0.15, 0.2) is 164 Å². The molecule has 0 aliphatic heterocycles. The number of para-hydroxylation sites is 1. The Labute approximate surface area is 305 Å². The van der Waals surface area contributed by atoms with Crippen LogP contribution < -0.4 is 0 Å². The second-order valence-corrected chi connectivity index (χ2v) is 16.1. The molecule has 5 unspecified atom stereocenters. The largest absolute Gasteiger partial charge is 0.309 e. The molecule has 1 spiro atoms. The lowest BCUT2D eigenvalue weighted by atomic mass is 9.59. The standard InChI is InChI=1S/C51H39N/c1-3-12-33(13-4-1)39-25-23-38(31-44(39)34-14-5-2-6-15-34)52-48-20-10-8-17-43(48)50-40(18-11-21-49(50)52)35-22-24-42-41-16-7-9-19-45(41)51(47(42)30-35)37-27-32-26-36(29-37)46(51)28-32/h1-25,30-32,36-37,46H,26-29H2. The minimum atomic E-state index is 0.176. The molecule has 5 atom stereocenters. The average molecular weight is 666 g/mol. The molecule has 0 N–H and O–H groups in total. The number of hydrogen-bond donors (Lipinski definition) is 0. The van der Waals surface area contributed by atoms with E-state index < -0.39 is 0 Å². The van der Waals surface area contributed by atoms with E-state index in [1.165, 1.54) is 97.7 Å². The highest BCUT2D eigenvalue weighted by molar-refractivity contribution is 6.16. The first kappa shape index (κ1) is 29.0. The van der Waals surface area contributed by atoms with Gasteiger partial charge in [0.15, 0.2) is 0 Å². The molecule has 5 aliphatic rings. The summed E-state index contributed by atoms with van der Waals surface area (Å²) in [6.07, 6.45) is 5.69. The lowest BCUT2D eigenvalue weighted by Crippen LogP contribution is -2.40. The van der Waals surface area contributed by atoms with Crippen molar-refractivity contribution in [2.45, 2.75) is 31.1 Å². The third kappa shape index (κ3) is 3.78. The van der Waals surface area contributed by atoms with E-state index in [2.05, 4.69) is 168 Å². The Bertz CT molecular complexity index is 2710.